The van der Waals surface area contributed by atoms with Crippen LogP contribution >= 0.6 is 24.8 Å². The second-order valence-electron chi connectivity index (χ2n) is 6.89. The summed E-state index contributed by atoms with van der Waals surface area (Å²) in [6.45, 7) is 1.92. The zero-order chi connectivity index (χ0) is 18.0. The lowest BCUT2D eigenvalue weighted by atomic mass is 9.89. The number of aryl methyl sites for hydroxylation is 1. The summed E-state index contributed by atoms with van der Waals surface area (Å²) in [5, 5.41) is 7.44. The van der Waals surface area contributed by atoms with Crippen molar-refractivity contribution in [3.8, 4) is 0 Å². The van der Waals surface area contributed by atoms with Crippen molar-refractivity contribution in [2.24, 2.45) is 13.0 Å². The van der Waals surface area contributed by atoms with Gasteiger partial charge in [0, 0.05) is 58.4 Å². The van der Waals surface area contributed by atoms with Gasteiger partial charge < -0.3 is 10.2 Å². The van der Waals surface area contributed by atoms with Crippen LogP contribution in [0.1, 0.15) is 17.9 Å². The lowest BCUT2D eigenvalue weighted by molar-refractivity contribution is -0.145. The van der Waals surface area contributed by atoms with E-state index in [0.29, 0.717) is 32.6 Å². The first kappa shape index (κ1) is 24.0. The molecule has 2 atom stereocenters. The van der Waals surface area contributed by atoms with E-state index in [2.05, 4.69) is 10.4 Å². The van der Waals surface area contributed by atoms with Gasteiger partial charge in [-0.1, -0.05) is 0 Å². The number of aromatic nitrogens is 2. The minimum Gasteiger partial charge on any atom is -0.341 e. The molecule has 11 heteroatoms. The maximum Gasteiger partial charge on any atom is 0.401 e. The molecule has 0 radical (unpaired) electrons. The van der Waals surface area contributed by atoms with E-state index >= 15 is 0 Å². The number of halogens is 5. The summed E-state index contributed by atoms with van der Waals surface area (Å²) in [5.74, 6) is -0.0817. The highest BCUT2D eigenvalue weighted by molar-refractivity contribution is 5.85. The molecule has 0 spiro atoms. The second kappa shape index (κ2) is 9.95. The van der Waals surface area contributed by atoms with Crippen molar-refractivity contribution in [2.75, 3.05) is 45.8 Å². The minimum absolute atomic E-state index is 0. The Morgan fingerprint density at radius 1 is 1.22 bits per heavy atom. The quantitative estimate of drug-likeness (QED) is 0.790. The average Bonchev–Trinajstić information content (AvgIpc) is 3.10. The molecule has 1 N–H and O–H groups in total. The molecule has 156 valence electrons. The Bertz CT molecular complexity index is 613. The molecule has 6 nitrogen and oxygen atoms in total. The van der Waals surface area contributed by atoms with Crippen LogP contribution in [0.2, 0.25) is 0 Å². The fourth-order valence-electron chi connectivity index (χ4n) is 3.76. The first-order chi connectivity index (χ1) is 11.8. The molecule has 27 heavy (non-hydrogen) atoms. The molecule has 0 aliphatic carbocycles. The summed E-state index contributed by atoms with van der Waals surface area (Å²) in [5.41, 5.74) is 1.03. The van der Waals surface area contributed by atoms with Crippen molar-refractivity contribution >= 4 is 30.7 Å². The number of nitrogens with one attached hydrogen (secondary N) is 1. The summed E-state index contributed by atoms with van der Waals surface area (Å²) >= 11 is 0. The number of nitrogens with zero attached hydrogens (tertiary/aromatic N) is 4. The van der Waals surface area contributed by atoms with Crippen LogP contribution in [-0.2, 0) is 11.8 Å². The number of alkyl halides is 3. The number of hydrogen-bond acceptors (Lipinski definition) is 4. The maximum atomic E-state index is 13.0. The van der Waals surface area contributed by atoms with E-state index < -0.39 is 12.7 Å². The fraction of sp³-hybridized carbons (Fsp3) is 0.750. The number of amides is 1. The highest BCUT2D eigenvalue weighted by atomic mass is 35.5. The summed E-state index contributed by atoms with van der Waals surface area (Å²) < 4.78 is 39.4. The number of carbonyl (C=O) groups excluding carboxylic acids is 1. The number of rotatable bonds is 3. The zero-order valence-corrected chi connectivity index (χ0v) is 16.7. The Balaban J connectivity index is 0.00000182. The molecule has 3 heterocycles. The Morgan fingerprint density at radius 2 is 1.96 bits per heavy atom. The lowest BCUT2D eigenvalue weighted by Crippen LogP contribution is -2.42. The van der Waals surface area contributed by atoms with Crippen molar-refractivity contribution in [1.82, 2.24) is 24.9 Å². The molecule has 0 bridgehead atoms. The molecule has 2 fully saturated rings. The van der Waals surface area contributed by atoms with Gasteiger partial charge >= 0.3 is 6.18 Å². The van der Waals surface area contributed by atoms with Crippen molar-refractivity contribution in [3.63, 3.8) is 0 Å². The highest BCUT2D eigenvalue weighted by Gasteiger charge is 2.38. The van der Waals surface area contributed by atoms with E-state index in [0.717, 1.165) is 12.1 Å². The Hall–Kier alpha value is -1.03. The van der Waals surface area contributed by atoms with Crippen LogP contribution in [0.3, 0.4) is 0 Å². The van der Waals surface area contributed by atoms with Crippen molar-refractivity contribution in [2.45, 2.75) is 18.5 Å². The first-order valence-electron chi connectivity index (χ1n) is 8.60. The van der Waals surface area contributed by atoms with E-state index in [4.69, 9.17) is 0 Å². The summed E-state index contributed by atoms with van der Waals surface area (Å²) in [4.78, 5) is 16.1. The van der Waals surface area contributed by atoms with E-state index in [1.165, 1.54) is 4.90 Å². The first-order valence-corrected chi connectivity index (χ1v) is 8.60. The standard InChI is InChI=1S/C16H24F3N5O.2ClH/c1-22-10-12(7-21-22)13-8-20-9-14(13)15(25)24-4-2-3-23(5-6-24)11-16(17,18)19;;/h7,10,13-14,20H,2-6,8-9,11H2,1H3;2*1H/t13-,14+;;/m1../s1. The normalized spacial score (nSPS) is 24.1. The SMILES string of the molecule is Cl.Cl.Cn1cc([C@H]2CNC[C@@H]2C(=O)N2CCCN(CC(F)(F)F)CC2)cn1. The van der Waals surface area contributed by atoms with Gasteiger partial charge in [-0.25, -0.2) is 0 Å². The van der Waals surface area contributed by atoms with Gasteiger partial charge in [0.25, 0.3) is 0 Å². The van der Waals surface area contributed by atoms with Crippen LogP contribution < -0.4 is 5.32 Å². The predicted molar refractivity (Wildman–Crippen MR) is 100 cm³/mol. The summed E-state index contributed by atoms with van der Waals surface area (Å²) in [7, 11) is 1.84. The average molecular weight is 432 g/mol. The molecule has 1 aromatic rings. The van der Waals surface area contributed by atoms with Crippen molar-refractivity contribution in [1.29, 1.82) is 0 Å². The van der Waals surface area contributed by atoms with Gasteiger partial charge in [0.2, 0.25) is 5.91 Å². The zero-order valence-electron chi connectivity index (χ0n) is 15.1. The molecule has 1 aromatic heterocycles. The van der Waals surface area contributed by atoms with E-state index in [1.807, 2.05) is 13.2 Å². The molecule has 2 saturated heterocycles. The Kier molecular flexibility index (Phi) is 8.85. The van der Waals surface area contributed by atoms with Crippen molar-refractivity contribution < 1.29 is 18.0 Å². The van der Waals surface area contributed by atoms with Gasteiger partial charge in [0.05, 0.1) is 18.7 Å². The number of carbonyl (C=O) groups is 1. The second-order valence-corrected chi connectivity index (χ2v) is 6.89. The number of hydrogen-bond donors (Lipinski definition) is 1. The van der Waals surface area contributed by atoms with Crippen LogP contribution in [0, 0.1) is 5.92 Å². The molecule has 3 rings (SSSR count). The lowest BCUT2D eigenvalue weighted by Gasteiger charge is -2.27. The monoisotopic (exact) mass is 431 g/mol. The van der Waals surface area contributed by atoms with E-state index in [9.17, 15) is 18.0 Å². The van der Waals surface area contributed by atoms with Crippen LogP contribution in [0.15, 0.2) is 12.4 Å². The molecule has 0 saturated carbocycles. The van der Waals surface area contributed by atoms with E-state index in [1.54, 1.807) is 15.8 Å². The van der Waals surface area contributed by atoms with Gasteiger partial charge in [0.1, 0.15) is 0 Å². The third-order valence-corrected chi connectivity index (χ3v) is 4.99. The molecular formula is C16H26Cl2F3N5O. The Morgan fingerprint density at radius 3 is 2.59 bits per heavy atom. The molecule has 2 aliphatic heterocycles. The molecule has 1 amide bonds. The van der Waals surface area contributed by atoms with Gasteiger partial charge in [-0.2, -0.15) is 18.3 Å². The van der Waals surface area contributed by atoms with Crippen LogP contribution in [0.5, 0.6) is 0 Å². The third kappa shape index (κ3) is 6.23. The van der Waals surface area contributed by atoms with Gasteiger partial charge in [-0.05, 0) is 12.0 Å². The van der Waals surface area contributed by atoms with Crippen LogP contribution in [0.25, 0.3) is 0 Å². The summed E-state index contributed by atoms with van der Waals surface area (Å²) in [6.07, 6.45) is 0.0797. The predicted octanol–water partition coefficient (Wildman–Crippen LogP) is 1.66. The smallest absolute Gasteiger partial charge is 0.341 e. The van der Waals surface area contributed by atoms with E-state index in [-0.39, 0.29) is 49.1 Å². The third-order valence-electron chi connectivity index (χ3n) is 4.99. The maximum absolute atomic E-state index is 13.0. The Labute approximate surface area is 169 Å². The largest absolute Gasteiger partial charge is 0.401 e. The van der Waals surface area contributed by atoms with Crippen LogP contribution in [0.4, 0.5) is 13.2 Å². The molecule has 0 aromatic carbocycles. The summed E-state index contributed by atoms with van der Waals surface area (Å²) in [6, 6.07) is 0. The fourth-order valence-corrected chi connectivity index (χ4v) is 3.76. The minimum atomic E-state index is -4.19. The van der Waals surface area contributed by atoms with Gasteiger partial charge in [0.15, 0.2) is 0 Å². The highest BCUT2D eigenvalue weighted by Crippen LogP contribution is 2.29. The molecule has 0 unspecified atom stereocenters. The van der Waals surface area contributed by atoms with Gasteiger partial charge in [-0.3, -0.25) is 14.4 Å². The van der Waals surface area contributed by atoms with Crippen LogP contribution in [-0.4, -0.2) is 77.5 Å². The topological polar surface area (TPSA) is 53.4 Å². The molecule has 2 aliphatic rings. The molecular weight excluding hydrogens is 406 g/mol. The van der Waals surface area contributed by atoms with Crippen molar-refractivity contribution in [3.05, 3.63) is 18.0 Å². The van der Waals surface area contributed by atoms with Gasteiger partial charge in [-0.15, -0.1) is 24.8 Å².